The quantitative estimate of drug-likeness (QED) is 0.513. The van der Waals surface area contributed by atoms with E-state index in [1.807, 2.05) is 31.2 Å². The monoisotopic (exact) mass is 407 g/mol. The molecule has 29 heavy (non-hydrogen) atoms. The van der Waals surface area contributed by atoms with Gasteiger partial charge in [-0.15, -0.1) is 11.3 Å². The molecular weight excluding hydrogens is 390 g/mol. The average Bonchev–Trinajstić information content (AvgIpc) is 3.38. The van der Waals surface area contributed by atoms with Crippen LogP contribution in [0.25, 0.3) is 22.7 Å². The minimum absolute atomic E-state index is 0.000781. The van der Waals surface area contributed by atoms with Crippen molar-refractivity contribution in [3.05, 3.63) is 75.6 Å². The van der Waals surface area contributed by atoms with E-state index in [0.717, 1.165) is 21.9 Å². The van der Waals surface area contributed by atoms with Crippen molar-refractivity contribution in [1.29, 1.82) is 0 Å². The summed E-state index contributed by atoms with van der Waals surface area (Å²) in [4.78, 5) is 33.0. The molecule has 4 rings (SSSR count). The van der Waals surface area contributed by atoms with Gasteiger partial charge < -0.3 is 14.1 Å². The van der Waals surface area contributed by atoms with Crippen molar-refractivity contribution in [2.45, 2.75) is 6.92 Å². The normalized spacial score (nSPS) is 10.7. The van der Waals surface area contributed by atoms with Gasteiger partial charge in [0.15, 0.2) is 5.13 Å². The number of hydrogen-bond acceptors (Lipinski definition) is 6. The maximum Gasteiger partial charge on any atom is 0.263 e. The van der Waals surface area contributed by atoms with Gasteiger partial charge in [0.2, 0.25) is 0 Å². The minimum atomic E-state index is -0.521. The summed E-state index contributed by atoms with van der Waals surface area (Å²) in [7, 11) is 1.61. The van der Waals surface area contributed by atoms with E-state index in [2.05, 4.69) is 15.3 Å². The third-order valence-electron chi connectivity index (χ3n) is 4.32. The van der Waals surface area contributed by atoms with Crippen LogP contribution >= 0.6 is 11.3 Å². The van der Waals surface area contributed by atoms with Gasteiger partial charge in [0.05, 0.1) is 24.8 Å². The lowest BCUT2D eigenvalue weighted by Gasteiger charge is -2.03. The molecule has 8 heteroatoms. The molecule has 1 aromatic carbocycles. The van der Waals surface area contributed by atoms with Gasteiger partial charge in [-0.3, -0.25) is 14.9 Å². The molecule has 0 fully saturated rings. The molecular formula is C21H17N3O4S. The smallest absolute Gasteiger partial charge is 0.263 e. The van der Waals surface area contributed by atoms with Gasteiger partial charge >= 0.3 is 0 Å². The topological polar surface area (TPSA) is 97.2 Å². The highest BCUT2D eigenvalue weighted by molar-refractivity contribution is 7.16. The van der Waals surface area contributed by atoms with Crippen molar-refractivity contribution in [2.24, 2.45) is 0 Å². The third kappa shape index (κ3) is 3.83. The Morgan fingerprint density at radius 3 is 2.62 bits per heavy atom. The molecule has 4 aromatic rings. The Morgan fingerprint density at radius 2 is 1.97 bits per heavy atom. The van der Waals surface area contributed by atoms with Crippen molar-refractivity contribution in [2.75, 3.05) is 12.4 Å². The van der Waals surface area contributed by atoms with Crippen LogP contribution in [0.2, 0.25) is 0 Å². The Morgan fingerprint density at radius 1 is 1.17 bits per heavy atom. The van der Waals surface area contributed by atoms with Crippen molar-refractivity contribution in [3.8, 4) is 28.5 Å². The standard InChI is InChI=1S/C21H17N3O4S/c1-12-18(13-5-7-14(27-2)8-6-13)23-21(29-12)24-20(26)15-9-10-16(22-19(15)25)17-4-3-11-28-17/h3-11H,1-2H3,(H,22,25)(H,23,24,26). The number of amides is 1. The number of carbonyl (C=O) groups is 1. The molecule has 3 heterocycles. The summed E-state index contributed by atoms with van der Waals surface area (Å²) >= 11 is 1.35. The van der Waals surface area contributed by atoms with Crippen LogP contribution in [0, 0.1) is 6.92 Å². The molecule has 3 aromatic heterocycles. The number of furan rings is 1. The first kappa shape index (κ1) is 18.7. The van der Waals surface area contributed by atoms with Crippen LogP contribution in [0.5, 0.6) is 5.75 Å². The second kappa shape index (κ2) is 7.76. The van der Waals surface area contributed by atoms with E-state index >= 15 is 0 Å². The maximum atomic E-state index is 12.6. The molecule has 146 valence electrons. The number of aryl methyl sites for hydroxylation is 1. The average molecular weight is 407 g/mol. The first-order chi connectivity index (χ1) is 14.0. The summed E-state index contributed by atoms with van der Waals surface area (Å²) in [5.74, 6) is 0.758. The Bertz CT molecular complexity index is 1210. The molecule has 0 unspecified atom stereocenters. The molecule has 2 N–H and O–H groups in total. The Kier molecular flexibility index (Phi) is 5.01. The van der Waals surface area contributed by atoms with Gasteiger partial charge in [0.1, 0.15) is 17.1 Å². The molecule has 0 bridgehead atoms. The second-order valence-corrected chi connectivity index (χ2v) is 7.40. The number of rotatable bonds is 5. The molecule has 0 aliphatic rings. The number of hydrogen-bond donors (Lipinski definition) is 2. The molecule has 0 spiro atoms. The van der Waals surface area contributed by atoms with Crippen LogP contribution in [0.3, 0.4) is 0 Å². The van der Waals surface area contributed by atoms with Crippen molar-refractivity contribution in [3.63, 3.8) is 0 Å². The predicted octanol–water partition coefficient (Wildman–Crippen LogP) is 4.33. The summed E-state index contributed by atoms with van der Waals surface area (Å²) in [6.07, 6.45) is 1.51. The van der Waals surface area contributed by atoms with E-state index in [4.69, 9.17) is 9.15 Å². The number of anilines is 1. The van der Waals surface area contributed by atoms with Crippen molar-refractivity contribution < 1.29 is 13.9 Å². The molecule has 0 radical (unpaired) electrons. The van der Waals surface area contributed by atoms with E-state index < -0.39 is 11.5 Å². The lowest BCUT2D eigenvalue weighted by Crippen LogP contribution is -2.23. The van der Waals surface area contributed by atoms with Crippen LogP contribution in [0.15, 0.2) is 64.0 Å². The fourth-order valence-electron chi connectivity index (χ4n) is 2.86. The second-order valence-electron chi connectivity index (χ2n) is 6.20. The van der Waals surface area contributed by atoms with E-state index in [-0.39, 0.29) is 5.56 Å². The molecule has 0 aliphatic heterocycles. The van der Waals surface area contributed by atoms with Gasteiger partial charge in [0, 0.05) is 10.4 Å². The first-order valence-corrected chi connectivity index (χ1v) is 9.57. The summed E-state index contributed by atoms with van der Waals surface area (Å²) < 4.78 is 10.4. The SMILES string of the molecule is COc1ccc(-c2nc(NC(=O)c3ccc(-c4ccco4)[nH]c3=O)sc2C)cc1. The number of ether oxygens (including phenoxy) is 1. The van der Waals surface area contributed by atoms with Gasteiger partial charge in [0.25, 0.3) is 11.5 Å². The number of nitrogens with one attached hydrogen (secondary N) is 2. The van der Waals surface area contributed by atoms with Crippen molar-refractivity contribution in [1.82, 2.24) is 9.97 Å². The molecule has 7 nitrogen and oxygen atoms in total. The van der Waals surface area contributed by atoms with Gasteiger partial charge in [-0.25, -0.2) is 4.98 Å². The lowest BCUT2D eigenvalue weighted by atomic mass is 10.1. The summed E-state index contributed by atoms with van der Waals surface area (Å²) in [5, 5.41) is 3.13. The zero-order chi connectivity index (χ0) is 20.4. The van der Waals surface area contributed by atoms with Gasteiger partial charge in [-0.05, 0) is 55.5 Å². The number of methoxy groups -OCH3 is 1. The lowest BCUT2D eigenvalue weighted by molar-refractivity contribution is 0.102. The van der Waals surface area contributed by atoms with E-state index in [1.54, 1.807) is 25.3 Å². The number of pyridine rings is 1. The third-order valence-corrected chi connectivity index (χ3v) is 5.21. The van der Waals surface area contributed by atoms with Crippen LogP contribution in [-0.2, 0) is 0 Å². The molecule has 1 amide bonds. The zero-order valence-electron chi connectivity index (χ0n) is 15.7. The van der Waals surface area contributed by atoms with Crippen molar-refractivity contribution >= 4 is 22.4 Å². The predicted molar refractivity (Wildman–Crippen MR) is 112 cm³/mol. The Labute approximate surface area is 170 Å². The van der Waals surface area contributed by atoms with Crippen LogP contribution < -0.4 is 15.6 Å². The summed E-state index contributed by atoms with van der Waals surface area (Å²) in [6, 6.07) is 14.1. The number of thiazole rings is 1. The summed E-state index contributed by atoms with van der Waals surface area (Å²) in [6.45, 7) is 1.93. The number of H-pyrrole nitrogens is 1. The fourth-order valence-corrected chi connectivity index (χ4v) is 3.69. The highest BCUT2D eigenvalue weighted by Crippen LogP contribution is 2.31. The zero-order valence-corrected chi connectivity index (χ0v) is 16.5. The highest BCUT2D eigenvalue weighted by atomic mass is 32.1. The Balaban J connectivity index is 1.55. The number of aromatic amines is 1. The largest absolute Gasteiger partial charge is 0.497 e. The fraction of sp³-hybridized carbons (Fsp3) is 0.0952. The number of aromatic nitrogens is 2. The van der Waals surface area contributed by atoms with E-state index in [1.165, 1.54) is 23.7 Å². The van der Waals surface area contributed by atoms with E-state index in [0.29, 0.717) is 16.6 Å². The number of nitrogens with zero attached hydrogens (tertiary/aromatic N) is 1. The first-order valence-electron chi connectivity index (χ1n) is 8.75. The molecule has 0 saturated heterocycles. The van der Waals surface area contributed by atoms with E-state index in [9.17, 15) is 9.59 Å². The highest BCUT2D eigenvalue weighted by Gasteiger charge is 2.16. The van der Waals surface area contributed by atoms with Gasteiger partial charge in [-0.2, -0.15) is 0 Å². The van der Waals surface area contributed by atoms with Crippen LogP contribution in [-0.4, -0.2) is 23.0 Å². The maximum absolute atomic E-state index is 12.6. The number of benzene rings is 1. The van der Waals surface area contributed by atoms with Crippen LogP contribution in [0.4, 0.5) is 5.13 Å². The van der Waals surface area contributed by atoms with Crippen LogP contribution in [0.1, 0.15) is 15.2 Å². The molecule has 0 aliphatic carbocycles. The summed E-state index contributed by atoms with van der Waals surface area (Å²) in [5.41, 5.74) is 1.69. The Hall–Kier alpha value is -3.65. The molecule has 0 saturated carbocycles. The molecule has 0 atom stereocenters. The number of carbonyl (C=O) groups excluding carboxylic acids is 1. The van der Waals surface area contributed by atoms with Gasteiger partial charge in [-0.1, -0.05) is 0 Å². The minimum Gasteiger partial charge on any atom is -0.497 e.